The fraction of sp³-hybridized carbons (Fsp3) is 0.0714. The molecule has 96 valence electrons. The first-order chi connectivity index (χ1) is 9.24. The lowest BCUT2D eigenvalue weighted by molar-refractivity contribution is 0.305. The summed E-state index contributed by atoms with van der Waals surface area (Å²) in [7, 11) is 0. The van der Waals surface area contributed by atoms with Gasteiger partial charge in [-0.3, -0.25) is 0 Å². The number of nitrogen functional groups attached to an aromatic ring is 1. The third kappa shape index (κ3) is 2.57. The van der Waals surface area contributed by atoms with E-state index in [0.717, 1.165) is 15.0 Å². The van der Waals surface area contributed by atoms with E-state index in [4.69, 9.17) is 10.5 Å². The van der Waals surface area contributed by atoms with Crippen LogP contribution in [0.5, 0.6) is 5.75 Å². The van der Waals surface area contributed by atoms with Gasteiger partial charge in [0.1, 0.15) is 11.6 Å². The van der Waals surface area contributed by atoms with Crippen LogP contribution in [0.1, 0.15) is 5.01 Å². The van der Waals surface area contributed by atoms with Crippen LogP contribution < -0.4 is 10.5 Å². The van der Waals surface area contributed by atoms with Crippen molar-refractivity contribution < 1.29 is 4.74 Å². The van der Waals surface area contributed by atoms with Gasteiger partial charge < -0.3 is 10.5 Å². The number of nitrogens with zero attached hydrogens (tertiary/aromatic N) is 1. The number of thiazole rings is 1. The lowest BCUT2D eigenvalue weighted by atomic mass is 10.3. The number of anilines is 1. The van der Waals surface area contributed by atoms with E-state index in [9.17, 15) is 0 Å². The zero-order valence-electron chi connectivity index (χ0n) is 9.97. The largest absolute Gasteiger partial charge is 0.483 e. The van der Waals surface area contributed by atoms with Crippen LogP contribution in [-0.4, -0.2) is 4.98 Å². The third-order valence-corrected chi connectivity index (χ3v) is 4.31. The number of hydrogen-bond acceptors (Lipinski definition) is 4. The molecule has 2 aromatic carbocycles. The number of rotatable bonds is 3. The van der Waals surface area contributed by atoms with Gasteiger partial charge in [-0.05, 0) is 40.2 Å². The molecule has 0 aliphatic carbocycles. The highest BCUT2D eigenvalue weighted by atomic mass is 79.9. The molecule has 19 heavy (non-hydrogen) atoms. The Hall–Kier alpha value is -1.59. The van der Waals surface area contributed by atoms with Crippen molar-refractivity contribution in [3.8, 4) is 5.75 Å². The maximum atomic E-state index is 5.89. The molecule has 3 nitrogen and oxygen atoms in total. The topological polar surface area (TPSA) is 48.1 Å². The molecule has 1 heterocycles. The molecule has 0 saturated heterocycles. The Bertz CT molecular complexity index is 673. The Morgan fingerprint density at radius 2 is 2.00 bits per heavy atom. The van der Waals surface area contributed by atoms with Crippen LogP contribution in [0, 0.1) is 0 Å². The molecule has 5 heteroatoms. The number of ether oxygens (including phenoxy) is 1. The smallest absolute Gasteiger partial charge is 0.156 e. The zero-order chi connectivity index (χ0) is 13.2. The van der Waals surface area contributed by atoms with Gasteiger partial charge in [-0.25, -0.2) is 4.98 Å². The summed E-state index contributed by atoms with van der Waals surface area (Å²) in [5, 5.41) is 0.941. The highest BCUT2D eigenvalue weighted by Gasteiger charge is 2.08. The van der Waals surface area contributed by atoms with Crippen molar-refractivity contribution in [3.63, 3.8) is 0 Å². The molecular weight excluding hydrogens is 324 g/mol. The van der Waals surface area contributed by atoms with E-state index >= 15 is 0 Å². The van der Waals surface area contributed by atoms with E-state index in [0.29, 0.717) is 18.0 Å². The number of fused-ring (bicyclic) bond motifs is 1. The van der Waals surface area contributed by atoms with Crippen LogP contribution in [0.15, 0.2) is 46.9 Å². The average molecular weight is 335 g/mol. The molecule has 0 unspecified atom stereocenters. The quantitative estimate of drug-likeness (QED) is 0.729. The molecule has 0 aliphatic heterocycles. The van der Waals surface area contributed by atoms with Crippen LogP contribution in [0.2, 0.25) is 0 Å². The lowest BCUT2D eigenvalue weighted by Crippen LogP contribution is -1.99. The monoisotopic (exact) mass is 334 g/mol. The second-order valence-corrected chi connectivity index (χ2v) is 5.99. The summed E-state index contributed by atoms with van der Waals surface area (Å²) in [6.45, 7) is 0.423. The van der Waals surface area contributed by atoms with Gasteiger partial charge >= 0.3 is 0 Å². The van der Waals surface area contributed by atoms with E-state index in [1.54, 1.807) is 11.3 Å². The minimum atomic E-state index is 0.423. The van der Waals surface area contributed by atoms with Gasteiger partial charge in [0.25, 0.3) is 0 Å². The van der Waals surface area contributed by atoms with E-state index in [2.05, 4.69) is 27.0 Å². The SMILES string of the molecule is Nc1cccc(Br)c1OCc1nc2ccccc2s1. The molecule has 0 amide bonds. The summed E-state index contributed by atoms with van der Waals surface area (Å²) >= 11 is 5.07. The minimum absolute atomic E-state index is 0.423. The summed E-state index contributed by atoms with van der Waals surface area (Å²) in [6, 6.07) is 13.7. The first kappa shape index (κ1) is 12.4. The van der Waals surface area contributed by atoms with Crippen molar-refractivity contribution >= 4 is 43.2 Å². The van der Waals surface area contributed by atoms with Gasteiger partial charge in [0.05, 0.1) is 20.4 Å². The second-order valence-electron chi connectivity index (χ2n) is 4.02. The van der Waals surface area contributed by atoms with Gasteiger partial charge in [0.2, 0.25) is 0 Å². The standard InChI is InChI=1S/C14H11BrN2OS/c15-9-4-3-5-10(16)14(9)18-8-13-17-11-6-1-2-7-12(11)19-13/h1-7H,8,16H2. The number of hydrogen-bond donors (Lipinski definition) is 1. The summed E-state index contributed by atoms with van der Waals surface area (Å²) < 4.78 is 7.78. The highest BCUT2D eigenvalue weighted by molar-refractivity contribution is 9.10. The molecule has 0 atom stereocenters. The minimum Gasteiger partial charge on any atom is -0.483 e. The molecule has 0 spiro atoms. The second kappa shape index (κ2) is 5.19. The average Bonchev–Trinajstić information content (AvgIpc) is 2.81. The van der Waals surface area contributed by atoms with Crippen molar-refractivity contribution in [1.29, 1.82) is 0 Å². The van der Waals surface area contributed by atoms with Crippen LogP contribution >= 0.6 is 27.3 Å². The Morgan fingerprint density at radius 1 is 1.16 bits per heavy atom. The van der Waals surface area contributed by atoms with Gasteiger partial charge in [0.15, 0.2) is 5.75 Å². The fourth-order valence-electron chi connectivity index (χ4n) is 1.79. The summed E-state index contributed by atoms with van der Waals surface area (Å²) in [6.07, 6.45) is 0. The van der Waals surface area contributed by atoms with Crippen LogP contribution in [-0.2, 0) is 6.61 Å². The van der Waals surface area contributed by atoms with Crippen LogP contribution in [0.3, 0.4) is 0 Å². The summed E-state index contributed by atoms with van der Waals surface area (Å²) in [4.78, 5) is 4.52. The van der Waals surface area contributed by atoms with E-state index < -0.39 is 0 Å². The van der Waals surface area contributed by atoms with Gasteiger partial charge in [0, 0.05) is 0 Å². The molecule has 0 saturated carbocycles. The van der Waals surface area contributed by atoms with Crippen LogP contribution in [0.4, 0.5) is 5.69 Å². The van der Waals surface area contributed by atoms with Crippen molar-refractivity contribution in [2.75, 3.05) is 5.73 Å². The predicted octanol–water partition coefficient (Wildman–Crippen LogP) is 4.22. The molecule has 0 radical (unpaired) electrons. The zero-order valence-corrected chi connectivity index (χ0v) is 12.4. The maximum absolute atomic E-state index is 5.89. The Balaban J connectivity index is 1.82. The van der Waals surface area contributed by atoms with Crippen molar-refractivity contribution in [2.24, 2.45) is 0 Å². The van der Waals surface area contributed by atoms with Gasteiger partial charge in [-0.1, -0.05) is 18.2 Å². The predicted molar refractivity (Wildman–Crippen MR) is 82.5 cm³/mol. The first-order valence-corrected chi connectivity index (χ1v) is 7.36. The van der Waals surface area contributed by atoms with Crippen molar-refractivity contribution in [2.45, 2.75) is 6.61 Å². The van der Waals surface area contributed by atoms with Crippen molar-refractivity contribution in [1.82, 2.24) is 4.98 Å². The molecule has 3 rings (SSSR count). The maximum Gasteiger partial charge on any atom is 0.156 e. The van der Waals surface area contributed by atoms with Gasteiger partial charge in [-0.15, -0.1) is 11.3 Å². The number of para-hydroxylation sites is 2. The molecule has 0 bridgehead atoms. The number of aromatic nitrogens is 1. The molecule has 0 aliphatic rings. The normalized spacial score (nSPS) is 10.8. The van der Waals surface area contributed by atoms with Crippen LogP contribution in [0.25, 0.3) is 10.2 Å². The summed E-state index contributed by atoms with van der Waals surface area (Å²) in [5.74, 6) is 0.668. The molecular formula is C14H11BrN2OS. The number of halogens is 1. The Labute approximate surface area is 123 Å². The Morgan fingerprint density at radius 3 is 2.79 bits per heavy atom. The van der Waals surface area contributed by atoms with Gasteiger partial charge in [-0.2, -0.15) is 0 Å². The molecule has 2 N–H and O–H groups in total. The number of benzene rings is 2. The first-order valence-electron chi connectivity index (χ1n) is 5.75. The molecule has 3 aromatic rings. The molecule has 1 aromatic heterocycles. The third-order valence-electron chi connectivity index (χ3n) is 2.68. The van der Waals surface area contributed by atoms with E-state index in [1.807, 2.05) is 36.4 Å². The fourth-order valence-corrected chi connectivity index (χ4v) is 3.17. The Kier molecular flexibility index (Phi) is 3.40. The van der Waals surface area contributed by atoms with E-state index in [1.165, 1.54) is 4.70 Å². The summed E-state index contributed by atoms with van der Waals surface area (Å²) in [5.41, 5.74) is 7.52. The molecule has 0 fully saturated rings. The highest BCUT2D eigenvalue weighted by Crippen LogP contribution is 2.32. The number of nitrogens with two attached hydrogens (primary N) is 1. The van der Waals surface area contributed by atoms with E-state index in [-0.39, 0.29) is 0 Å². The van der Waals surface area contributed by atoms with Crippen molar-refractivity contribution in [3.05, 3.63) is 51.9 Å². The lowest BCUT2D eigenvalue weighted by Gasteiger charge is -2.08.